The van der Waals surface area contributed by atoms with Crippen molar-refractivity contribution in [3.8, 4) is 5.75 Å². The monoisotopic (exact) mass is 239 g/mol. The van der Waals surface area contributed by atoms with Gasteiger partial charge in [0.1, 0.15) is 11.6 Å². The summed E-state index contributed by atoms with van der Waals surface area (Å²) in [5.74, 6) is 1.04. The molecule has 1 aromatic rings. The smallest absolute Gasteiger partial charge is 0.153 e. The molecule has 0 amide bonds. The maximum Gasteiger partial charge on any atom is 0.153 e. The topological polar surface area (TPSA) is 36.5 Å². The Balaban J connectivity index is 1.67. The van der Waals surface area contributed by atoms with E-state index in [1.807, 2.05) is 11.3 Å². The van der Waals surface area contributed by atoms with Crippen molar-refractivity contribution in [1.82, 2.24) is 10.2 Å². The molecule has 2 aliphatic heterocycles. The van der Waals surface area contributed by atoms with Crippen molar-refractivity contribution < 1.29 is 4.74 Å². The number of nitrogens with one attached hydrogen (secondary N) is 2. The van der Waals surface area contributed by atoms with Crippen molar-refractivity contribution in [3.63, 3.8) is 0 Å². The molecule has 5 heteroatoms. The first kappa shape index (κ1) is 10.4. The van der Waals surface area contributed by atoms with Crippen molar-refractivity contribution in [3.05, 3.63) is 10.9 Å². The van der Waals surface area contributed by atoms with E-state index in [4.69, 9.17) is 4.74 Å². The molecule has 0 radical (unpaired) electrons. The zero-order valence-corrected chi connectivity index (χ0v) is 10.1. The van der Waals surface area contributed by atoms with Crippen LogP contribution in [0.5, 0.6) is 5.75 Å². The normalized spacial score (nSPS) is 21.0. The van der Waals surface area contributed by atoms with Gasteiger partial charge in [-0.3, -0.25) is 4.90 Å². The Bertz CT molecular complexity index is 337. The zero-order valence-electron chi connectivity index (χ0n) is 9.29. The Labute approximate surface area is 99.6 Å². The van der Waals surface area contributed by atoms with Gasteiger partial charge in [0.05, 0.1) is 0 Å². The Hall–Kier alpha value is -0.780. The predicted molar refractivity (Wildman–Crippen MR) is 66.5 cm³/mol. The number of piperazine rings is 1. The van der Waals surface area contributed by atoms with Gasteiger partial charge in [0.2, 0.25) is 0 Å². The lowest BCUT2D eigenvalue weighted by Crippen LogP contribution is -2.42. The van der Waals surface area contributed by atoms with Crippen LogP contribution in [0.2, 0.25) is 0 Å². The lowest BCUT2D eigenvalue weighted by molar-refractivity contribution is 0.235. The van der Waals surface area contributed by atoms with E-state index in [0.29, 0.717) is 0 Å². The van der Waals surface area contributed by atoms with Crippen LogP contribution in [0.3, 0.4) is 0 Å². The molecule has 3 heterocycles. The average Bonchev–Trinajstić information content (AvgIpc) is 2.72. The number of ether oxygens (including phenoxy) is 1. The summed E-state index contributed by atoms with van der Waals surface area (Å²) in [5, 5.41) is 7.96. The van der Waals surface area contributed by atoms with E-state index in [-0.39, 0.29) is 0 Å². The summed E-state index contributed by atoms with van der Waals surface area (Å²) >= 11 is 1.83. The molecule has 0 atom stereocenters. The minimum absolute atomic E-state index is 0.788. The number of hydrogen-bond acceptors (Lipinski definition) is 5. The lowest BCUT2D eigenvalue weighted by atomic mass is 10.3. The van der Waals surface area contributed by atoms with Gasteiger partial charge in [0, 0.05) is 44.1 Å². The molecule has 2 N–H and O–H groups in total. The number of rotatable bonds is 2. The highest BCUT2D eigenvalue weighted by Crippen LogP contribution is 2.37. The van der Waals surface area contributed by atoms with Crippen molar-refractivity contribution in [2.45, 2.75) is 6.54 Å². The van der Waals surface area contributed by atoms with Crippen LogP contribution in [0.25, 0.3) is 0 Å². The third-order valence-electron chi connectivity index (χ3n) is 2.98. The van der Waals surface area contributed by atoms with E-state index in [9.17, 15) is 0 Å². The number of thiophene rings is 1. The Kier molecular flexibility index (Phi) is 2.99. The molecule has 0 bridgehead atoms. The van der Waals surface area contributed by atoms with Gasteiger partial charge in [-0.2, -0.15) is 0 Å². The van der Waals surface area contributed by atoms with Crippen LogP contribution in [0.4, 0.5) is 5.00 Å². The Morgan fingerprint density at radius 3 is 3.00 bits per heavy atom. The summed E-state index contributed by atoms with van der Waals surface area (Å²) in [6.07, 6.45) is 0. The Morgan fingerprint density at radius 2 is 2.19 bits per heavy atom. The highest BCUT2D eigenvalue weighted by molar-refractivity contribution is 7.16. The summed E-state index contributed by atoms with van der Waals surface area (Å²) < 4.78 is 5.61. The van der Waals surface area contributed by atoms with Crippen molar-refractivity contribution >= 4 is 16.3 Å². The van der Waals surface area contributed by atoms with E-state index in [2.05, 4.69) is 21.6 Å². The predicted octanol–water partition coefficient (Wildman–Crippen LogP) is 0.958. The average molecular weight is 239 g/mol. The minimum Gasteiger partial charge on any atom is -0.489 e. The first-order valence-electron chi connectivity index (χ1n) is 5.84. The quantitative estimate of drug-likeness (QED) is 0.806. The molecule has 88 valence electrons. The Morgan fingerprint density at radius 1 is 1.31 bits per heavy atom. The fourth-order valence-corrected chi connectivity index (χ4v) is 3.21. The van der Waals surface area contributed by atoms with Gasteiger partial charge in [-0.05, 0) is 6.07 Å². The molecule has 1 saturated heterocycles. The third kappa shape index (κ3) is 2.16. The van der Waals surface area contributed by atoms with E-state index < -0.39 is 0 Å². The van der Waals surface area contributed by atoms with E-state index in [1.54, 1.807) is 0 Å². The number of hydrogen-bond donors (Lipinski definition) is 2. The van der Waals surface area contributed by atoms with Gasteiger partial charge in [-0.1, -0.05) is 0 Å². The second-order valence-corrected chi connectivity index (χ2v) is 5.34. The molecule has 16 heavy (non-hydrogen) atoms. The number of fused-ring (bicyclic) bond motifs is 1. The molecule has 2 aliphatic rings. The highest BCUT2D eigenvalue weighted by Gasteiger charge is 2.16. The molecule has 3 rings (SSSR count). The molecule has 0 saturated carbocycles. The van der Waals surface area contributed by atoms with Crippen LogP contribution in [-0.2, 0) is 6.54 Å². The van der Waals surface area contributed by atoms with Crippen LogP contribution < -0.4 is 15.4 Å². The molecule has 4 nitrogen and oxygen atoms in total. The second-order valence-electron chi connectivity index (χ2n) is 4.21. The van der Waals surface area contributed by atoms with Gasteiger partial charge >= 0.3 is 0 Å². The molecular formula is C11H17N3OS. The molecular weight excluding hydrogens is 222 g/mol. The van der Waals surface area contributed by atoms with Crippen LogP contribution in [0.15, 0.2) is 6.07 Å². The fraction of sp³-hybridized carbons (Fsp3) is 0.636. The van der Waals surface area contributed by atoms with Crippen LogP contribution >= 0.6 is 11.3 Å². The number of anilines is 1. The summed E-state index contributed by atoms with van der Waals surface area (Å²) in [4.78, 5) is 3.90. The van der Waals surface area contributed by atoms with Crippen LogP contribution in [0, 0.1) is 0 Å². The van der Waals surface area contributed by atoms with E-state index in [0.717, 1.165) is 51.6 Å². The van der Waals surface area contributed by atoms with Gasteiger partial charge in [-0.25, -0.2) is 0 Å². The molecule has 0 aromatic carbocycles. The van der Waals surface area contributed by atoms with E-state index >= 15 is 0 Å². The summed E-state index contributed by atoms with van der Waals surface area (Å²) in [6, 6.07) is 2.19. The van der Waals surface area contributed by atoms with E-state index in [1.165, 1.54) is 9.88 Å². The largest absolute Gasteiger partial charge is 0.489 e. The molecule has 0 spiro atoms. The first-order chi connectivity index (χ1) is 7.92. The van der Waals surface area contributed by atoms with Crippen LogP contribution in [-0.4, -0.2) is 44.2 Å². The van der Waals surface area contributed by atoms with Gasteiger partial charge < -0.3 is 15.4 Å². The zero-order chi connectivity index (χ0) is 10.8. The summed E-state index contributed by atoms with van der Waals surface area (Å²) in [6.45, 7) is 7.30. The van der Waals surface area contributed by atoms with Gasteiger partial charge in [0.25, 0.3) is 0 Å². The van der Waals surface area contributed by atoms with Crippen LogP contribution in [0.1, 0.15) is 4.88 Å². The molecule has 0 unspecified atom stereocenters. The minimum atomic E-state index is 0.788. The first-order valence-corrected chi connectivity index (χ1v) is 6.66. The second kappa shape index (κ2) is 4.61. The summed E-state index contributed by atoms with van der Waals surface area (Å²) in [7, 11) is 0. The van der Waals surface area contributed by atoms with Crippen molar-refractivity contribution in [2.75, 3.05) is 44.6 Å². The molecule has 1 fully saturated rings. The fourth-order valence-electron chi connectivity index (χ4n) is 2.15. The van der Waals surface area contributed by atoms with Crippen molar-refractivity contribution in [2.24, 2.45) is 0 Å². The maximum absolute atomic E-state index is 5.61. The standard InChI is InChI=1S/C11H17N3OS/c1-4-14(5-2-12-1)8-9-7-10-11(16-9)13-3-6-15-10/h7,12-13H,1-6,8H2. The van der Waals surface area contributed by atoms with Crippen molar-refractivity contribution in [1.29, 1.82) is 0 Å². The molecule has 0 aliphatic carbocycles. The maximum atomic E-state index is 5.61. The SMILES string of the molecule is c1c(CN2CCNCC2)sc2c1OCCN2. The molecule has 1 aromatic heterocycles. The number of nitrogens with zero attached hydrogens (tertiary/aromatic N) is 1. The van der Waals surface area contributed by atoms with Gasteiger partial charge in [0.15, 0.2) is 5.75 Å². The lowest BCUT2D eigenvalue weighted by Gasteiger charge is -2.26. The highest BCUT2D eigenvalue weighted by atomic mass is 32.1. The van der Waals surface area contributed by atoms with Gasteiger partial charge in [-0.15, -0.1) is 11.3 Å². The summed E-state index contributed by atoms with van der Waals surface area (Å²) in [5.41, 5.74) is 0. The third-order valence-corrected chi connectivity index (χ3v) is 4.04.